The zero-order chi connectivity index (χ0) is 14.1. The third-order valence-electron chi connectivity index (χ3n) is 3.84. The lowest BCUT2D eigenvalue weighted by molar-refractivity contribution is 0.627. The van der Waals surface area contributed by atoms with Crippen molar-refractivity contribution in [3.63, 3.8) is 0 Å². The molecular weight excluding hydrogens is 253 g/mol. The van der Waals surface area contributed by atoms with E-state index in [9.17, 15) is 4.39 Å². The van der Waals surface area contributed by atoms with Gasteiger partial charge < -0.3 is 5.73 Å². The van der Waals surface area contributed by atoms with Gasteiger partial charge in [0.15, 0.2) is 5.82 Å². The molecule has 0 saturated heterocycles. The lowest BCUT2D eigenvalue weighted by Crippen LogP contribution is -2.03. The van der Waals surface area contributed by atoms with Crippen molar-refractivity contribution in [1.82, 2.24) is 9.97 Å². The summed E-state index contributed by atoms with van der Waals surface area (Å²) in [7, 11) is 0. The molecule has 0 spiro atoms. The molecule has 1 aliphatic carbocycles. The Labute approximate surface area is 118 Å². The monoisotopic (exact) mass is 271 g/mol. The minimum absolute atomic E-state index is 0.270. The highest BCUT2D eigenvalue weighted by Gasteiger charge is 2.20. The third kappa shape index (κ3) is 2.64. The molecule has 1 aliphatic rings. The van der Waals surface area contributed by atoms with Crippen LogP contribution in [0.2, 0.25) is 0 Å². The Balaban J connectivity index is 2.04. The Kier molecular flexibility index (Phi) is 3.38. The van der Waals surface area contributed by atoms with Gasteiger partial charge in [-0.05, 0) is 43.5 Å². The number of nitrogens with zero attached hydrogens (tertiary/aromatic N) is 2. The van der Waals surface area contributed by atoms with Gasteiger partial charge in [0, 0.05) is 23.2 Å². The van der Waals surface area contributed by atoms with E-state index in [4.69, 9.17) is 5.73 Å². The lowest BCUT2D eigenvalue weighted by atomic mass is 10.0. The molecule has 0 radical (unpaired) electrons. The standard InChI is InChI=1S/C16H18FN3/c1-10-6-12(8-13(17)7-10)16-19-14(9-15(18)20-16)11-4-2-3-5-11/h6-9,11H,2-5H2,1H3,(H2,18,19,20). The first kappa shape index (κ1) is 13.0. The molecule has 2 N–H and O–H groups in total. The number of nitrogens with two attached hydrogens (primary N) is 1. The quantitative estimate of drug-likeness (QED) is 0.903. The lowest BCUT2D eigenvalue weighted by Gasteiger charge is -2.11. The summed E-state index contributed by atoms with van der Waals surface area (Å²) in [5.41, 5.74) is 8.43. The summed E-state index contributed by atoms with van der Waals surface area (Å²) in [6.07, 6.45) is 4.78. The van der Waals surface area contributed by atoms with Crippen LogP contribution < -0.4 is 5.73 Å². The molecule has 0 bridgehead atoms. The highest BCUT2D eigenvalue weighted by Crippen LogP contribution is 2.34. The van der Waals surface area contributed by atoms with E-state index >= 15 is 0 Å². The molecule has 20 heavy (non-hydrogen) atoms. The molecule has 3 rings (SSSR count). The van der Waals surface area contributed by atoms with Crippen molar-refractivity contribution in [3.05, 3.63) is 41.3 Å². The predicted octanol–water partition coefficient (Wildman–Crippen LogP) is 3.83. The number of benzene rings is 1. The van der Waals surface area contributed by atoms with Gasteiger partial charge in [-0.2, -0.15) is 0 Å². The highest BCUT2D eigenvalue weighted by atomic mass is 19.1. The topological polar surface area (TPSA) is 51.8 Å². The molecule has 2 aromatic rings. The van der Waals surface area contributed by atoms with E-state index in [0.29, 0.717) is 23.1 Å². The average molecular weight is 271 g/mol. The minimum atomic E-state index is -0.270. The first-order valence-electron chi connectivity index (χ1n) is 7.04. The van der Waals surface area contributed by atoms with Gasteiger partial charge in [0.2, 0.25) is 0 Å². The first-order chi connectivity index (χ1) is 9.61. The molecule has 1 heterocycles. The van der Waals surface area contributed by atoms with E-state index in [1.54, 1.807) is 0 Å². The second-order valence-electron chi connectivity index (χ2n) is 5.54. The van der Waals surface area contributed by atoms with Gasteiger partial charge in [0.1, 0.15) is 11.6 Å². The fourth-order valence-corrected chi connectivity index (χ4v) is 2.91. The van der Waals surface area contributed by atoms with E-state index in [1.165, 1.54) is 25.0 Å². The fourth-order valence-electron chi connectivity index (χ4n) is 2.91. The van der Waals surface area contributed by atoms with Gasteiger partial charge in [-0.3, -0.25) is 0 Å². The van der Waals surface area contributed by atoms with Crippen LogP contribution in [-0.4, -0.2) is 9.97 Å². The predicted molar refractivity (Wildman–Crippen MR) is 77.8 cm³/mol. The van der Waals surface area contributed by atoms with Crippen LogP contribution in [0.5, 0.6) is 0 Å². The van der Waals surface area contributed by atoms with Crippen molar-refractivity contribution in [2.75, 3.05) is 5.73 Å². The smallest absolute Gasteiger partial charge is 0.161 e. The van der Waals surface area contributed by atoms with Crippen LogP contribution in [0.25, 0.3) is 11.4 Å². The summed E-state index contributed by atoms with van der Waals surface area (Å²) in [5.74, 6) is 1.18. The van der Waals surface area contributed by atoms with Gasteiger partial charge in [0.25, 0.3) is 0 Å². The fraction of sp³-hybridized carbons (Fsp3) is 0.375. The number of aromatic nitrogens is 2. The molecule has 1 fully saturated rings. The van der Waals surface area contributed by atoms with Crippen LogP contribution in [-0.2, 0) is 0 Å². The zero-order valence-electron chi connectivity index (χ0n) is 11.6. The Morgan fingerprint density at radius 2 is 1.85 bits per heavy atom. The van der Waals surface area contributed by atoms with Gasteiger partial charge in [-0.15, -0.1) is 0 Å². The van der Waals surface area contributed by atoms with Crippen LogP contribution in [0.15, 0.2) is 24.3 Å². The molecule has 104 valence electrons. The molecular formula is C16H18FN3. The Bertz CT molecular complexity index is 613. The largest absolute Gasteiger partial charge is 0.384 e. The molecule has 0 amide bonds. The number of rotatable bonds is 2. The molecule has 1 saturated carbocycles. The van der Waals surface area contributed by atoms with Crippen LogP contribution in [0, 0.1) is 12.7 Å². The Morgan fingerprint density at radius 1 is 1.10 bits per heavy atom. The van der Waals surface area contributed by atoms with E-state index in [-0.39, 0.29) is 5.82 Å². The van der Waals surface area contributed by atoms with Crippen molar-refractivity contribution < 1.29 is 4.39 Å². The van der Waals surface area contributed by atoms with Crippen LogP contribution in [0.4, 0.5) is 10.2 Å². The average Bonchev–Trinajstić information content (AvgIpc) is 2.90. The summed E-state index contributed by atoms with van der Waals surface area (Å²) in [5, 5.41) is 0. The number of nitrogen functional groups attached to an aromatic ring is 1. The maximum absolute atomic E-state index is 13.5. The Morgan fingerprint density at radius 3 is 2.55 bits per heavy atom. The van der Waals surface area contributed by atoms with Gasteiger partial charge >= 0.3 is 0 Å². The van der Waals surface area contributed by atoms with Crippen molar-refractivity contribution >= 4 is 5.82 Å². The van der Waals surface area contributed by atoms with Crippen molar-refractivity contribution in [2.24, 2.45) is 0 Å². The van der Waals surface area contributed by atoms with Gasteiger partial charge in [-0.25, -0.2) is 14.4 Å². The molecule has 1 aromatic heterocycles. The summed E-state index contributed by atoms with van der Waals surface area (Å²) < 4.78 is 13.5. The molecule has 4 heteroatoms. The molecule has 1 aromatic carbocycles. The molecule has 0 unspecified atom stereocenters. The van der Waals surface area contributed by atoms with E-state index in [1.807, 2.05) is 19.1 Å². The van der Waals surface area contributed by atoms with Crippen LogP contribution >= 0.6 is 0 Å². The maximum atomic E-state index is 13.5. The number of aryl methyl sites for hydroxylation is 1. The SMILES string of the molecule is Cc1cc(F)cc(-c2nc(N)cc(C3CCCC3)n2)c1. The summed E-state index contributed by atoms with van der Waals surface area (Å²) in [4.78, 5) is 8.87. The van der Waals surface area contributed by atoms with Crippen molar-refractivity contribution in [1.29, 1.82) is 0 Å². The number of hydrogen-bond acceptors (Lipinski definition) is 3. The summed E-state index contributed by atoms with van der Waals surface area (Å²) >= 11 is 0. The number of hydrogen-bond donors (Lipinski definition) is 1. The zero-order valence-corrected chi connectivity index (χ0v) is 11.6. The van der Waals surface area contributed by atoms with E-state index in [2.05, 4.69) is 9.97 Å². The summed E-state index contributed by atoms with van der Waals surface area (Å²) in [6, 6.07) is 6.69. The first-order valence-corrected chi connectivity index (χ1v) is 7.04. The highest BCUT2D eigenvalue weighted by molar-refractivity contribution is 5.58. The van der Waals surface area contributed by atoms with Crippen molar-refractivity contribution in [2.45, 2.75) is 38.5 Å². The van der Waals surface area contributed by atoms with Crippen LogP contribution in [0.3, 0.4) is 0 Å². The minimum Gasteiger partial charge on any atom is -0.384 e. The van der Waals surface area contributed by atoms with Crippen molar-refractivity contribution in [3.8, 4) is 11.4 Å². The third-order valence-corrected chi connectivity index (χ3v) is 3.84. The molecule has 3 nitrogen and oxygen atoms in total. The summed E-state index contributed by atoms with van der Waals surface area (Å²) in [6.45, 7) is 1.86. The molecule has 0 aliphatic heterocycles. The second-order valence-corrected chi connectivity index (χ2v) is 5.54. The van der Waals surface area contributed by atoms with Crippen LogP contribution in [0.1, 0.15) is 42.9 Å². The number of anilines is 1. The van der Waals surface area contributed by atoms with E-state index in [0.717, 1.165) is 24.1 Å². The Hall–Kier alpha value is -1.97. The van der Waals surface area contributed by atoms with E-state index < -0.39 is 0 Å². The second kappa shape index (κ2) is 5.19. The number of halogens is 1. The van der Waals surface area contributed by atoms with Gasteiger partial charge in [-0.1, -0.05) is 12.8 Å². The molecule has 0 atom stereocenters. The normalized spacial score (nSPS) is 15.7. The maximum Gasteiger partial charge on any atom is 0.161 e. The van der Waals surface area contributed by atoms with Gasteiger partial charge in [0.05, 0.1) is 0 Å².